The number of pyridine rings is 1. The van der Waals surface area contributed by atoms with Crippen LogP contribution in [0.2, 0.25) is 0 Å². The molecule has 120 valence electrons. The molecule has 2 N–H and O–H groups in total. The summed E-state index contributed by atoms with van der Waals surface area (Å²) in [6.07, 6.45) is 1.64. The second-order valence-electron chi connectivity index (χ2n) is 7.04. The van der Waals surface area contributed by atoms with E-state index < -0.39 is 0 Å². The van der Waals surface area contributed by atoms with Gasteiger partial charge in [0.05, 0.1) is 6.04 Å². The van der Waals surface area contributed by atoms with Crippen LogP contribution in [0.15, 0.2) is 42.6 Å². The van der Waals surface area contributed by atoms with Crippen LogP contribution in [-0.4, -0.2) is 17.4 Å². The van der Waals surface area contributed by atoms with E-state index in [4.69, 9.17) is 0 Å². The van der Waals surface area contributed by atoms with Gasteiger partial charge in [0, 0.05) is 19.3 Å². The van der Waals surface area contributed by atoms with Gasteiger partial charge in [-0.2, -0.15) is 0 Å². The molecule has 4 nitrogen and oxygen atoms in total. The zero-order valence-electron chi connectivity index (χ0n) is 13.9. The maximum Gasteiger partial charge on any atom is 0.270 e. The molecule has 0 bridgehead atoms. The van der Waals surface area contributed by atoms with Crippen LogP contribution < -0.4 is 10.6 Å². The molecule has 0 aliphatic carbocycles. The molecular weight excluding hydrogens is 286 g/mol. The van der Waals surface area contributed by atoms with E-state index in [1.807, 2.05) is 12.1 Å². The number of carbonyl (C=O) groups is 1. The molecule has 1 aromatic carbocycles. The van der Waals surface area contributed by atoms with Gasteiger partial charge in [0.1, 0.15) is 5.69 Å². The first-order valence-corrected chi connectivity index (χ1v) is 8.01. The first kappa shape index (κ1) is 15.7. The third-order valence-electron chi connectivity index (χ3n) is 4.25. The molecule has 0 radical (unpaired) electrons. The Morgan fingerprint density at radius 1 is 1.26 bits per heavy atom. The maximum atomic E-state index is 12.3. The molecule has 2 heterocycles. The fraction of sp³-hybridized carbons (Fsp3) is 0.368. The Bertz CT molecular complexity index is 704. The summed E-state index contributed by atoms with van der Waals surface area (Å²) in [5.41, 5.74) is 4.34. The van der Waals surface area contributed by atoms with Crippen molar-refractivity contribution >= 4 is 5.91 Å². The summed E-state index contributed by atoms with van der Waals surface area (Å²) in [4.78, 5) is 16.5. The van der Waals surface area contributed by atoms with Crippen LogP contribution >= 0.6 is 0 Å². The molecular formula is C19H23N3O. The molecule has 3 rings (SSSR count). The molecule has 4 heteroatoms. The Balaban J connectivity index is 1.83. The van der Waals surface area contributed by atoms with E-state index in [9.17, 15) is 4.79 Å². The first-order valence-electron chi connectivity index (χ1n) is 8.01. The topological polar surface area (TPSA) is 54.0 Å². The number of benzene rings is 1. The molecule has 1 aliphatic heterocycles. The third kappa shape index (κ3) is 3.42. The van der Waals surface area contributed by atoms with Gasteiger partial charge in [-0.25, -0.2) is 0 Å². The number of nitrogens with one attached hydrogen (secondary N) is 2. The van der Waals surface area contributed by atoms with E-state index in [-0.39, 0.29) is 17.4 Å². The molecule has 1 aromatic heterocycles. The molecule has 0 saturated carbocycles. The lowest BCUT2D eigenvalue weighted by atomic mass is 9.83. The highest BCUT2D eigenvalue weighted by molar-refractivity contribution is 5.92. The Morgan fingerprint density at radius 2 is 2.09 bits per heavy atom. The van der Waals surface area contributed by atoms with Crippen molar-refractivity contribution in [3.8, 4) is 0 Å². The molecule has 0 fully saturated rings. The van der Waals surface area contributed by atoms with E-state index in [0.717, 1.165) is 13.1 Å². The Hall–Kier alpha value is -2.20. The fourth-order valence-electron chi connectivity index (χ4n) is 2.88. The predicted molar refractivity (Wildman–Crippen MR) is 91.3 cm³/mol. The van der Waals surface area contributed by atoms with Gasteiger partial charge >= 0.3 is 0 Å². The van der Waals surface area contributed by atoms with Crippen molar-refractivity contribution in [3.63, 3.8) is 0 Å². The molecule has 1 atom stereocenters. The normalized spacial score (nSPS) is 17.4. The number of fused-ring (bicyclic) bond motifs is 1. The number of nitrogens with zero attached hydrogens (tertiary/aromatic N) is 1. The zero-order valence-corrected chi connectivity index (χ0v) is 13.9. The number of hydrogen-bond acceptors (Lipinski definition) is 3. The minimum absolute atomic E-state index is 0.0257. The van der Waals surface area contributed by atoms with Crippen molar-refractivity contribution in [2.75, 3.05) is 6.54 Å². The van der Waals surface area contributed by atoms with E-state index in [1.165, 1.54) is 16.7 Å². The molecule has 2 aromatic rings. The second kappa shape index (κ2) is 6.13. The molecule has 0 saturated heterocycles. The summed E-state index contributed by atoms with van der Waals surface area (Å²) >= 11 is 0. The van der Waals surface area contributed by atoms with Gasteiger partial charge < -0.3 is 10.6 Å². The Morgan fingerprint density at radius 3 is 2.78 bits per heavy atom. The molecule has 0 spiro atoms. The summed E-state index contributed by atoms with van der Waals surface area (Å²) in [5, 5.41) is 6.48. The van der Waals surface area contributed by atoms with Crippen LogP contribution in [0.25, 0.3) is 0 Å². The smallest absolute Gasteiger partial charge is 0.270 e. The number of aromatic nitrogens is 1. The van der Waals surface area contributed by atoms with Crippen molar-refractivity contribution in [1.82, 2.24) is 15.6 Å². The second-order valence-corrected chi connectivity index (χ2v) is 7.04. The number of hydrogen-bond donors (Lipinski definition) is 2. The zero-order chi connectivity index (χ0) is 16.4. The molecule has 1 amide bonds. The predicted octanol–water partition coefficient (Wildman–Crippen LogP) is 2.95. The monoisotopic (exact) mass is 309 g/mol. The summed E-state index contributed by atoms with van der Waals surface area (Å²) in [5.74, 6) is -0.134. The highest BCUT2D eigenvalue weighted by atomic mass is 16.1. The Labute approximate surface area is 137 Å². The average Bonchev–Trinajstić information content (AvgIpc) is 2.54. The highest BCUT2D eigenvalue weighted by Gasteiger charge is 2.24. The largest absolute Gasteiger partial charge is 0.343 e. The van der Waals surface area contributed by atoms with E-state index in [1.54, 1.807) is 12.3 Å². The SMILES string of the molecule is CC(C)(C)c1ccc2c(c1)CNCC2NC(=O)c1ccccn1. The maximum absolute atomic E-state index is 12.3. The standard InChI is InChI=1S/C19H23N3O/c1-19(2,3)14-7-8-15-13(10-14)11-20-12-17(15)22-18(23)16-6-4-5-9-21-16/h4-10,17,20H,11-12H2,1-3H3,(H,22,23). The van der Waals surface area contributed by atoms with Crippen LogP contribution in [-0.2, 0) is 12.0 Å². The van der Waals surface area contributed by atoms with Gasteiger partial charge in [0.25, 0.3) is 5.91 Å². The van der Waals surface area contributed by atoms with Gasteiger partial charge in [-0.15, -0.1) is 0 Å². The number of carbonyl (C=O) groups excluding carboxylic acids is 1. The fourth-order valence-corrected chi connectivity index (χ4v) is 2.88. The van der Waals surface area contributed by atoms with Gasteiger partial charge in [0.2, 0.25) is 0 Å². The van der Waals surface area contributed by atoms with Gasteiger partial charge in [-0.1, -0.05) is 45.0 Å². The summed E-state index contributed by atoms with van der Waals surface area (Å²) < 4.78 is 0. The molecule has 23 heavy (non-hydrogen) atoms. The van der Waals surface area contributed by atoms with Crippen molar-refractivity contribution in [3.05, 3.63) is 65.0 Å². The number of rotatable bonds is 2. The van der Waals surface area contributed by atoms with Crippen LogP contribution in [0, 0.1) is 0 Å². The summed E-state index contributed by atoms with van der Waals surface area (Å²) in [6, 6.07) is 11.9. The quantitative estimate of drug-likeness (QED) is 0.897. The minimum atomic E-state index is -0.134. The van der Waals surface area contributed by atoms with Crippen LogP contribution in [0.1, 0.15) is 54.0 Å². The average molecular weight is 309 g/mol. The van der Waals surface area contributed by atoms with Crippen LogP contribution in [0.3, 0.4) is 0 Å². The van der Waals surface area contributed by atoms with E-state index in [2.05, 4.69) is 54.6 Å². The lowest BCUT2D eigenvalue weighted by Crippen LogP contribution is -2.39. The van der Waals surface area contributed by atoms with Gasteiger partial charge in [0.15, 0.2) is 0 Å². The van der Waals surface area contributed by atoms with Crippen LogP contribution in [0.4, 0.5) is 0 Å². The number of amides is 1. The third-order valence-corrected chi connectivity index (χ3v) is 4.25. The Kier molecular flexibility index (Phi) is 4.18. The first-order chi connectivity index (χ1) is 10.9. The van der Waals surface area contributed by atoms with Crippen molar-refractivity contribution in [1.29, 1.82) is 0 Å². The van der Waals surface area contributed by atoms with Crippen molar-refractivity contribution in [2.24, 2.45) is 0 Å². The summed E-state index contributed by atoms with van der Waals surface area (Å²) in [7, 11) is 0. The van der Waals surface area contributed by atoms with Crippen LogP contribution in [0.5, 0.6) is 0 Å². The van der Waals surface area contributed by atoms with E-state index in [0.29, 0.717) is 5.69 Å². The summed E-state index contributed by atoms with van der Waals surface area (Å²) in [6.45, 7) is 8.22. The van der Waals surface area contributed by atoms with E-state index >= 15 is 0 Å². The lowest BCUT2D eigenvalue weighted by Gasteiger charge is -2.29. The van der Waals surface area contributed by atoms with Crippen molar-refractivity contribution < 1.29 is 4.79 Å². The minimum Gasteiger partial charge on any atom is -0.343 e. The lowest BCUT2D eigenvalue weighted by molar-refractivity contribution is 0.0929. The van der Waals surface area contributed by atoms with Crippen molar-refractivity contribution in [2.45, 2.75) is 38.8 Å². The molecule has 1 unspecified atom stereocenters. The van der Waals surface area contributed by atoms with Gasteiger partial charge in [-0.05, 0) is 34.2 Å². The highest BCUT2D eigenvalue weighted by Crippen LogP contribution is 2.29. The molecule has 1 aliphatic rings. The van der Waals surface area contributed by atoms with Gasteiger partial charge in [-0.3, -0.25) is 9.78 Å².